The van der Waals surface area contributed by atoms with Gasteiger partial charge in [0, 0.05) is 0 Å². The van der Waals surface area contributed by atoms with Crippen molar-refractivity contribution in [2.45, 2.75) is 39.4 Å². The molecule has 3 nitrogen and oxygen atoms in total. The van der Waals surface area contributed by atoms with E-state index in [0.717, 1.165) is 6.42 Å². The minimum Gasteiger partial charge on any atom is -0.390 e. The molecule has 0 aromatic rings. The first-order valence-electron chi connectivity index (χ1n) is 3.87. The second kappa shape index (κ2) is 4.46. The second-order valence-electron chi connectivity index (χ2n) is 2.93. The third kappa shape index (κ3) is 2.99. The maximum absolute atomic E-state index is 10.6. The lowest BCUT2D eigenvalue weighted by molar-refractivity contribution is -0.132. The smallest absolute Gasteiger partial charge is 0.160 e. The third-order valence-electron chi connectivity index (χ3n) is 1.97. The maximum atomic E-state index is 10.6. The lowest BCUT2D eigenvalue weighted by Gasteiger charge is -2.20. The molecule has 3 heteroatoms. The zero-order chi connectivity index (χ0) is 9.02. The quantitative estimate of drug-likeness (QED) is 0.623. The van der Waals surface area contributed by atoms with Gasteiger partial charge in [0.15, 0.2) is 5.78 Å². The monoisotopic (exact) mass is 160 g/mol. The molecule has 0 rings (SSSR count). The van der Waals surface area contributed by atoms with E-state index < -0.39 is 12.2 Å². The van der Waals surface area contributed by atoms with Crippen LogP contribution in [0.5, 0.6) is 0 Å². The van der Waals surface area contributed by atoms with Crippen LogP contribution in [0.3, 0.4) is 0 Å². The Morgan fingerprint density at radius 1 is 1.45 bits per heavy atom. The van der Waals surface area contributed by atoms with E-state index in [1.807, 2.05) is 6.92 Å². The summed E-state index contributed by atoms with van der Waals surface area (Å²) in [6.07, 6.45) is -1.38. The molecule has 0 aliphatic rings. The fourth-order valence-corrected chi connectivity index (χ4v) is 0.793. The lowest BCUT2D eigenvalue weighted by Crippen LogP contribution is -2.36. The molecule has 0 aromatic carbocycles. The molecule has 0 heterocycles. The lowest BCUT2D eigenvalue weighted by atomic mass is 9.96. The second-order valence-corrected chi connectivity index (χ2v) is 2.93. The highest BCUT2D eigenvalue weighted by Gasteiger charge is 2.24. The normalized spacial score (nSPS) is 19.0. The summed E-state index contributed by atoms with van der Waals surface area (Å²) < 4.78 is 0. The number of Topliss-reactive ketones (excluding diaryl/α,β-unsaturated/α-hetero) is 1. The van der Waals surface area contributed by atoms with E-state index in [1.165, 1.54) is 6.92 Å². The molecule has 0 aliphatic heterocycles. The summed E-state index contributed by atoms with van der Waals surface area (Å²) in [7, 11) is 0. The zero-order valence-electron chi connectivity index (χ0n) is 7.24. The molecule has 11 heavy (non-hydrogen) atoms. The molecule has 0 saturated carbocycles. The van der Waals surface area contributed by atoms with Crippen LogP contribution in [-0.4, -0.2) is 28.2 Å². The first kappa shape index (κ1) is 10.6. The number of hydrogen-bond donors (Lipinski definition) is 2. The fourth-order valence-electron chi connectivity index (χ4n) is 0.793. The van der Waals surface area contributed by atoms with Crippen molar-refractivity contribution in [2.75, 3.05) is 0 Å². The van der Waals surface area contributed by atoms with Crippen LogP contribution < -0.4 is 0 Å². The molecule has 0 radical (unpaired) electrons. The molecule has 2 unspecified atom stereocenters. The molecule has 0 fully saturated rings. The van der Waals surface area contributed by atoms with Gasteiger partial charge in [0.1, 0.15) is 6.10 Å². The van der Waals surface area contributed by atoms with E-state index in [-0.39, 0.29) is 11.7 Å². The summed E-state index contributed by atoms with van der Waals surface area (Å²) in [5, 5.41) is 18.4. The van der Waals surface area contributed by atoms with Gasteiger partial charge in [0.2, 0.25) is 0 Å². The van der Waals surface area contributed by atoms with Gasteiger partial charge in [-0.25, -0.2) is 0 Å². The molecule has 3 atom stereocenters. The van der Waals surface area contributed by atoms with Crippen molar-refractivity contribution < 1.29 is 15.0 Å². The number of aliphatic hydroxyl groups is 2. The average Bonchev–Trinajstić information content (AvgIpc) is 2.00. The van der Waals surface area contributed by atoms with Gasteiger partial charge in [0.05, 0.1) is 6.10 Å². The topological polar surface area (TPSA) is 57.5 Å². The Balaban J connectivity index is 4.00. The highest BCUT2D eigenvalue weighted by atomic mass is 16.3. The van der Waals surface area contributed by atoms with Crippen molar-refractivity contribution in [3.63, 3.8) is 0 Å². The van der Waals surface area contributed by atoms with Crippen LogP contribution in [0.15, 0.2) is 0 Å². The summed E-state index contributed by atoms with van der Waals surface area (Å²) >= 11 is 0. The molecule has 0 spiro atoms. The Bertz CT molecular complexity index is 133. The van der Waals surface area contributed by atoms with Gasteiger partial charge in [-0.1, -0.05) is 20.3 Å². The Kier molecular flexibility index (Phi) is 4.30. The van der Waals surface area contributed by atoms with E-state index in [4.69, 9.17) is 5.11 Å². The van der Waals surface area contributed by atoms with E-state index in [2.05, 4.69) is 0 Å². The summed E-state index contributed by atoms with van der Waals surface area (Å²) in [6, 6.07) is 0. The van der Waals surface area contributed by atoms with Crippen molar-refractivity contribution in [3.05, 3.63) is 0 Å². The van der Waals surface area contributed by atoms with Gasteiger partial charge in [-0.05, 0) is 12.8 Å². The maximum Gasteiger partial charge on any atom is 0.160 e. The van der Waals surface area contributed by atoms with E-state index in [0.29, 0.717) is 0 Å². The van der Waals surface area contributed by atoms with Gasteiger partial charge >= 0.3 is 0 Å². The standard InChI is InChI=1S/C8H16O3/c1-4-5(2)7(10)8(11)6(3)9/h5,7-8,10-11H,4H2,1-3H3/t5?,7?,8-/m1/s1. The Morgan fingerprint density at radius 2 is 1.91 bits per heavy atom. The van der Waals surface area contributed by atoms with Gasteiger partial charge in [0.25, 0.3) is 0 Å². The van der Waals surface area contributed by atoms with Crippen LogP contribution in [0.1, 0.15) is 27.2 Å². The van der Waals surface area contributed by atoms with Crippen LogP contribution in [0.25, 0.3) is 0 Å². The van der Waals surface area contributed by atoms with Crippen molar-refractivity contribution in [1.82, 2.24) is 0 Å². The van der Waals surface area contributed by atoms with E-state index in [1.54, 1.807) is 6.92 Å². The summed E-state index contributed by atoms with van der Waals surface area (Å²) in [4.78, 5) is 10.6. The highest BCUT2D eigenvalue weighted by molar-refractivity contribution is 5.80. The number of carbonyl (C=O) groups is 1. The number of carbonyl (C=O) groups excluding carboxylic acids is 1. The molecule has 0 bridgehead atoms. The van der Waals surface area contributed by atoms with Gasteiger partial charge in [-0.3, -0.25) is 4.79 Å². The fraction of sp³-hybridized carbons (Fsp3) is 0.875. The van der Waals surface area contributed by atoms with Crippen LogP contribution in [0, 0.1) is 5.92 Å². The first-order chi connectivity index (χ1) is 5.00. The van der Waals surface area contributed by atoms with Crippen LogP contribution in [0.2, 0.25) is 0 Å². The van der Waals surface area contributed by atoms with E-state index >= 15 is 0 Å². The Hall–Kier alpha value is -0.410. The van der Waals surface area contributed by atoms with Crippen LogP contribution >= 0.6 is 0 Å². The predicted octanol–water partition coefficient (Wildman–Crippen LogP) is 0.343. The molecular formula is C8H16O3. The van der Waals surface area contributed by atoms with Crippen molar-refractivity contribution in [1.29, 1.82) is 0 Å². The van der Waals surface area contributed by atoms with Crippen molar-refractivity contribution >= 4 is 5.78 Å². The number of hydrogen-bond acceptors (Lipinski definition) is 3. The molecular weight excluding hydrogens is 144 g/mol. The molecule has 0 aliphatic carbocycles. The van der Waals surface area contributed by atoms with Gasteiger partial charge in [-0.2, -0.15) is 0 Å². The van der Waals surface area contributed by atoms with Crippen molar-refractivity contribution in [2.24, 2.45) is 5.92 Å². The molecule has 2 N–H and O–H groups in total. The molecule has 0 amide bonds. The number of ketones is 1. The Morgan fingerprint density at radius 3 is 2.18 bits per heavy atom. The van der Waals surface area contributed by atoms with E-state index in [9.17, 15) is 9.90 Å². The first-order valence-corrected chi connectivity index (χ1v) is 3.87. The largest absolute Gasteiger partial charge is 0.390 e. The Labute approximate surface area is 67.0 Å². The number of rotatable bonds is 4. The SMILES string of the molecule is CCC(C)C(O)[C@H](O)C(C)=O. The average molecular weight is 160 g/mol. The third-order valence-corrected chi connectivity index (χ3v) is 1.97. The summed E-state index contributed by atoms with van der Waals surface area (Å²) in [6.45, 7) is 4.98. The molecule has 0 saturated heterocycles. The zero-order valence-corrected chi connectivity index (χ0v) is 7.24. The van der Waals surface area contributed by atoms with Crippen molar-refractivity contribution in [3.8, 4) is 0 Å². The summed E-state index contributed by atoms with van der Waals surface area (Å²) in [5.74, 6) is -0.410. The highest BCUT2D eigenvalue weighted by Crippen LogP contribution is 2.11. The van der Waals surface area contributed by atoms with Gasteiger partial charge in [-0.15, -0.1) is 0 Å². The number of aliphatic hydroxyl groups excluding tert-OH is 2. The van der Waals surface area contributed by atoms with Gasteiger partial charge < -0.3 is 10.2 Å². The minimum absolute atomic E-state index is 0.0334. The minimum atomic E-state index is -1.22. The predicted molar refractivity (Wildman–Crippen MR) is 42.1 cm³/mol. The van der Waals surface area contributed by atoms with Crippen LogP contribution in [0.4, 0.5) is 0 Å². The molecule has 66 valence electrons. The molecule has 0 aromatic heterocycles. The van der Waals surface area contributed by atoms with Crippen LogP contribution in [-0.2, 0) is 4.79 Å². The summed E-state index contributed by atoms with van der Waals surface area (Å²) in [5.41, 5.74) is 0.